The summed E-state index contributed by atoms with van der Waals surface area (Å²) in [4.78, 5) is 0. The van der Waals surface area contributed by atoms with Crippen molar-refractivity contribution in [3.63, 3.8) is 0 Å². The number of hydrogen-bond donors (Lipinski definition) is 0. The molecule has 0 fully saturated rings. The van der Waals surface area contributed by atoms with E-state index in [4.69, 9.17) is 11.6 Å². The molecular weight excluding hydrogens is 440 g/mol. The SMILES string of the molecule is C=C(C)c1c(F)c(Cl)c(Br)c2cnn(PI)c12. The zero-order chi connectivity index (χ0) is 12.7. The lowest BCUT2D eigenvalue weighted by Gasteiger charge is -2.10. The summed E-state index contributed by atoms with van der Waals surface area (Å²) in [6, 6.07) is 0. The maximum atomic E-state index is 14.2. The lowest BCUT2D eigenvalue weighted by atomic mass is 10.1. The van der Waals surface area contributed by atoms with Gasteiger partial charge in [0.25, 0.3) is 0 Å². The third kappa shape index (κ3) is 2.15. The van der Waals surface area contributed by atoms with Crippen molar-refractivity contribution in [3.8, 4) is 0 Å². The van der Waals surface area contributed by atoms with E-state index in [9.17, 15) is 4.39 Å². The molecule has 0 radical (unpaired) electrons. The second-order valence-electron chi connectivity index (χ2n) is 3.50. The van der Waals surface area contributed by atoms with Crippen molar-refractivity contribution in [3.05, 3.63) is 33.7 Å². The number of benzene rings is 1. The van der Waals surface area contributed by atoms with E-state index >= 15 is 0 Å². The van der Waals surface area contributed by atoms with Crippen LogP contribution in [0.2, 0.25) is 5.02 Å². The molecule has 1 aromatic carbocycles. The van der Waals surface area contributed by atoms with Crippen molar-refractivity contribution in [2.75, 3.05) is 0 Å². The summed E-state index contributed by atoms with van der Waals surface area (Å²) in [5, 5.41) is 5.11. The Hall–Kier alpha value is 0.290. The van der Waals surface area contributed by atoms with Gasteiger partial charge in [0.2, 0.25) is 0 Å². The summed E-state index contributed by atoms with van der Waals surface area (Å²) in [5.74, 6) is -0.449. The Balaban J connectivity index is 3.03. The molecule has 17 heavy (non-hydrogen) atoms. The molecule has 1 heterocycles. The van der Waals surface area contributed by atoms with Gasteiger partial charge in [-0.05, 0) is 50.5 Å². The van der Waals surface area contributed by atoms with Gasteiger partial charge in [0, 0.05) is 10.9 Å². The van der Waals surface area contributed by atoms with E-state index in [1.807, 2.05) is 0 Å². The van der Waals surface area contributed by atoms with Crippen molar-refractivity contribution in [1.82, 2.24) is 9.55 Å². The minimum Gasteiger partial charge on any atom is -0.237 e. The van der Waals surface area contributed by atoms with E-state index in [0.717, 1.165) is 10.9 Å². The molecule has 1 atom stereocenters. The summed E-state index contributed by atoms with van der Waals surface area (Å²) < 4.78 is 16.5. The number of rotatable bonds is 2. The molecule has 0 aliphatic rings. The molecule has 0 aliphatic heterocycles. The van der Waals surface area contributed by atoms with Crippen LogP contribution >= 0.6 is 55.9 Å². The average molecular weight is 447 g/mol. The van der Waals surface area contributed by atoms with Crippen molar-refractivity contribution in [1.29, 1.82) is 0 Å². The van der Waals surface area contributed by atoms with E-state index in [1.54, 1.807) is 17.6 Å². The Labute approximate surface area is 126 Å². The molecule has 1 unspecified atom stereocenters. The lowest BCUT2D eigenvalue weighted by Crippen LogP contribution is -1.95. The molecule has 0 bridgehead atoms. The molecule has 0 aliphatic carbocycles. The summed E-state index contributed by atoms with van der Waals surface area (Å²) in [5.41, 5.74) is 1.81. The molecule has 2 aromatic rings. The van der Waals surface area contributed by atoms with Crippen molar-refractivity contribution in [2.24, 2.45) is 0 Å². The smallest absolute Gasteiger partial charge is 0.152 e. The van der Waals surface area contributed by atoms with E-state index in [1.165, 1.54) is 0 Å². The molecule has 0 amide bonds. The summed E-state index contributed by atoms with van der Waals surface area (Å²) in [6.07, 6.45) is 2.07. The Morgan fingerprint density at radius 1 is 1.71 bits per heavy atom. The number of nitrogens with zero attached hydrogens (tertiary/aromatic N) is 2. The van der Waals surface area contributed by atoms with Crippen LogP contribution in [0.25, 0.3) is 16.5 Å². The second kappa shape index (κ2) is 5.11. The van der Waals surface area contributed by atoms with Gasteiger partial charge in [0.1, 0.15) is 0 Å². The molecule has 7 heteroatoms. The van der Waals surface area contributed by atoms with Gasteiger partial charge >= 0.3 is 0 Å². The van der Waals surface area contributed by atoms with Gasteiger partial charge in [-0.25, -0.2) is 8.84 Å². The van der Waals surface area contributed by atoms with Gasteiger partial charge in [-0.2, -0.15) is 5.10 Å². The van der Waals surface area contributed by atoms with Crippen LogP contribution < -0.4 is 0 Å². The van der Waals surface area contributed by atoms with E-state index in [0.29, 0.717) is 22.0 Å². The number of hydrogen-bond acceptors (Lipinski definition) is 1. The van der Waals surface area contributed by atoms with Gasteiger partial charge < -0.3 is 0 Å². The first-order chi connectivity index (χ1) is 7.99. The highest BCUT2D eigenvalue weighted by Gasteiger charge is 2.20. The third-order valence-corrected chi connectivity index (χ3v) is 5.63. The first kappa shape index (κ1) is 13.7. The molecule has 0 saturated carbocycles. The van der Waals surface area contributed by atoms with Gasteiger partial charge in [0.05, 0.1) is 27.6 Å². The summed E-state index contributed by atoms with van der Waals surface area (Å²) >= 11 is 11.5. The quantitative estimate of drug-likeness (QED) is 0.342. The fourth-order valence-corrected chi connectivity index (χ4v) is 3.81. The highest BCUT2D eigenvalue weighted by molar-refractivity contribution is 14.2. The van der Waals surface area contributed by atoms with Crippen LogP contribution in [0.4, 0.5) is 4.39 Å². The molecule has 2 nitrogen and oxygen atoms in total. The molecule has 0 saturated heterocycles. The zero-order valence-corrected chi connectivity index (χ0v) is 14.2. The van der Waals surface area contributed by atoms with E-state index in [-0.39, 0.29) is 5.02 Å². The largest absolute Gasteiger partial charge is 0.237 e. The lowest BCUT2D eigenvalue weighted by molar-refractivity contribution is 0.625. The summed E-state index contributed by atoms with van der Waals surface area (Å²) in [7, 11) is 0. The highest BCUT2D eigenvalue weighted by Crippen LogP contribution is 2.41. The van der Waals surface area contributed by atoms with Crippen LogP contribution in [-0.2, 0) is 0 Å². The molecule has 90 valence electrons. The fraction of sp³-hybridized carbons (Fsp3) is 0.100. The van der Waals surface area contributed by atoms with E-state index < -0.39 is 5.82 Å². The Morgan fingerprint density at radius 2 is 2.35 bits per heavy atom. The normalized spacial score (nSPS) is 11.8. The number of allylic oxidation sites excluding steroid dienone is 1. The number of aromatic nitrogens is 2. The molecule has 0 spiro atoms. The maximum Gasteiger partial charge on any atom is 0.152 e. The van der Waals surface area contributed by atoms with Gasteiger partial charge in [-0.1, -0.05) is 18.2 Å². The number of fused-ring (bicyclic) bond motifs is 1. The van der Waals surface area contributed by atoms with Crippen molar-refractivity contribution in [2.45, 2.75) is 6.92 Å². The second-order valence-corrected chi connectivity index (χ2v) is 6.71. The predicted molar refractivity (Wildman–Crippen MR) is 84.8 cm³/mol. The van der Waals surface area contributed by atoms with Crippen LogP contribution in [0, 0.1) is 5.82 Å². The average Bonchev–Trinajstić information content (AvgIpc) is 2.69. The minimum atomic E-state index is -0.449. The molecular formula is C10H7BrClFIN2P. The molecule has 1 aromatic heterocycles. The Morgan fingerprint density at radius 3 is 2.88 bits per heavy atom. The monoisotopic (exact) mass is 446 g/mol. The van der Waals surface area contributed by atoms with Crippen LogP contribution in [0.1, 0.15) is 12.5 Å². The fourth-order valence-electron chi connectivity index (χ4n) is 1.63. The predicted octanol–water partition coefficient (Wildman–Crippen LogP) is 5.42. The number of halogens is 4. The third-order valence-electron chi connectivity index (χ3n) is 2.35. The topological polar surface area (TPSA) is 17.8 Å². The zero-order valence-electron chi connectivity index (χ0n) is 8.69. The van der Waals surface area contributed by atoms with Gasteiger partial charge in [0.15, 0.2) is 5.82 Å². The van der Waals surface area contributed by atoms with Crippen LogP contribution in [-0.4, -0.2) is 9.55 Å². The molecule has 2 rings (SSSR count). The van der Waals surface area contributed by atoms with Crippen LogP contribution in [0.15, 0.2) is 17.2 Å². The summed E-state index contributed by atoms with van der Waals surface area (Å²) in [6.45, 7) is 5.57. The Kier molecular flexibility index (Phi) is 4.13. The first-order valence-electron chi connectivity index (χ1n) is 4.55. The van der Waals surface area contributed by atoms with Crippen molar-refractivity contribution < 1.29 is 4.39 Å². The van der Waals surface area contributed by atoms with Gasteiger partial charge in [-0.15, -0.1) is 0 Å². The Bertz CT molecular complexity index is 629. The minimum absolute atomic E-state index is 0.0758. The molecule has 0 N–H and O–H groups in total. The highest BCUT2D eigenvalue weighted by atomic mass is 127. The van der Waals surface area contributed by atoms with E-state index in [2.05, 4.69) is 49.6 Å². The maximum absolute atomic E-state index is 14.2. The van der Waals surface area contributed by atoms with Crippen molar-refractivity contribution >= 4 is 72.4 Å². The van der Waals surface area contributed by atoms with Crippen LogP contribution in [0.3, 0.4) is 0 Å². The first-order valence-corrected chi connectivity index (χ1v) is 9.79. The van der Waals surface area contributed by atoms with Gasteiger partial charge in [-0.3, -0.25) is 0 Å². The standard InChI is InChI=1S/C10H7BrClFIN2P/c1-4(2)6-9(13)8(12)7(11)5-3-15-16(17-14)10(5)6/h3,17H,1H2,2H3. The van der Waals surface area contributed by atoms with Crippen LogP contribution in [0.5, 0.6) is 0 Å².